The van der Waals surface area contributed by atoms with E-state index >= 15 is 0 Å². The molecule has 0 radical (unpaired) electrons. The van der Waals surface area contributed by atoms with Gasteiger partial charge in [-0.15, -0.1) is 11.3 Å². The lowest BCUT2D eigenvalue weighted by atomic mass is 10.3. The van der Waals surface area contributed by atoms with Gasteiger partial charge in [-0.3, -0.25) is 0 Å². The van der Waals surface area contributed by atoms with E-state index in [1.54, 1.807) is 12.5 Å². The molecule has 0 saturated heterocycles. The van der Waals surface area contributed by atoms with Crippen molar-refractivity contribution >= 4 is 29.0 Å². The van der Waals surface area contributed by atoms with Crippen LogP contribution in [0.5, 0.6) is 0 Å². The molecule has 102 valence electrons. The van der Waals surface area contributed by atoms with Crippen molar-refractivity contribution in [3.63, 3.8) is 0 Å². The second-order valence-corrected chi connectivity index (χ2v) is 5.99. The lowest BCUT2D eigenvalue weighted by Gasteiger charge is -2.14. The fraction of sp³-hybridized carbons (Fsp3) is 0.333. The van der Waals surface area contributed by atoms with Crippen molar-refractivity contribution in [2.45, 2.75) is 26.1 Å². The number of imidazole rings is 1. The molecule has 0 saturated carbocycles. The van der Waals surface area contributed by atoms with Crippen LogP contribution in [-0.2, 0) is 13.1 Å². The maximum atomic E-state index is 11.7. The standard InChI is InChI=1S/C12H15ClN4OS/c1-9(7-17-5-4-14-8-17)16-12(18)15-6-10-2-3-11(13)19-10/h2-5,8-9H,6-7H2,1H3,(H2,15,16,18)/t9-/m0/s1. The number of urea groups is 1. The van der Waals surface area contributed by atoms with Crippen LogP contribution in [0.1, 0.15) is 11.8 Å². The Morgan fingerprint density at radius 1 is 1.58 bits per heavy atom. The molecule has 2 heterocycles. The number of aromatic nitrogens is 2. The molecule has 0 aliphatic carbocycles. The summed E-state index contributed by atoms with van der Waals surface area (Å²) < 4.78 is 2.65. The molecule has 1 atom stereocenters. The van der Waals surface area contributed by atoms with E-state index in [9.17, 15) is 4.79 Å². The van der Waals surface area contributed by atoms with Crippen LogP contribution in [0.25, 0.3) is 0 Å². The van der Waals surface area contributed by atoms with E-state index in [2.05, 4.69) is 15.6 Å². The Hall–Kier alpha value is -1.53. The molecule has 0 aliphatic rings. The number of carbonyl (C=O) groups excluding carboxylic acids is 1. The lowest BCUT2D eigenvalue weighted by molar-refractivity contribution is 0.236. The van der Waals surface area contributed by atoms with Gasteiger partial charge in [0.05, 0.1) is 17.2 Å². The van der Waals surface area contributed by atoms with Crippen molar-refractivity contribution in [3.05, 3.63) is 40.1 Å². The molecule has 2 amide bonds. The topological polar surface area (TPSA) is 59.0 Å². The Morgan fingerprint density at radius 3 is 3.05 bits per heavy atom. The smallest absolute Gasteiger partial charge is 0.315 e. The van der Waals surface area contributed by atoms with Crippen molar-refractivity contribution in [1.29, 1.82) is 0 Å². The summed E-state index contributed by atoms with van der Waals surface area (Å²) in [6.45, 7) is 3.13. The van der Waals surface area contributed by atoms with E-state index in [1.807, 2.05) is 29.8 Å². The lowest BCUT2D eigenvalue weighted by Crippen LogP contribution is -2.42. The minimum Gasteiger partial charge on any atom is -0.335 e. The van der Waals surface area contributed by atoms with Crippen LogP contribution >= 0.6 is 22.9 Å². The highest BCUT2D eigenvalue weighted by Gasteiger charge is 2.07. The van der Waals surface area contributed by atoms with E-state index in [1.165, 1.54) is 11.3 Å². The molecular formula is C12H15ClN4OS. The van der Waals surface area contributed by atoms with Crippen LogP contribution in [-0.4, -0.2) is 21.6 Å². The van der Waals surface area contributed by atoms with Gasteiger partial charge in [0.25, 0.3) is 0 Å². The van der Waals surface area contributed by atoms with Crippen LogP contribution in [0, 0.1) is 0 Å². The second kappa shape index (κ2) is 6.58. The van der Waals surface area contributed by atoms with Crippen molar-refractivity contribution < 1.29 is 4.79 Å². The maximum Gasteiger partial charge on any atom is 0.315 e. The van der Waals surface area contributed by atoms with Crippen molar-refractivity contribution in [2.75, 3.05) is 0 Å². The van der Waals surface area contributed by atoms with E-state index in [0.717, 1.165) is 9.21 Å². The first kappa shape index (κ1) is 13.9. The van der Waals surface area contributed by atoms with E-state index in [4.69, 9.17) is 11.6 Å². The number of hydrogen-bond acceptors (Lipinski definition) is 3. The monoisotopic (exact) mass is 298 g/mol. The summed E-state index contributed by atoms with van der Waals surface area (Å²) in [5.41, 5.74) is 0. The van der Waals surface area contributed by atoms with Gasteiger partial charge in [0, 0.05) is 29.9 Å². The van der Waals surface area contributed by atoms with Crippen molar-refractivity contribution in [1.82, 2.24) is 20.2 Å². The van der Waals surface area contributed by atoms with E-state index in [0.29, 0.717) is 13.1 Å². The zero-order valence-corrected chi connectivity index (χ0v) is 12.0. The molecule has 2 aromatic heterocycles. The van der Waals surface area contributed by atoms with Gasteiger partial charge in [0.1, 0.15) is 0 Å². The largest absolute Gasteiger partial charge is 0.335 e. The molecule has 7 heteroatoms. The Labute approximate surface area is 120 Å². The summed E-state index contributed by atoms with van der Waals surface area (Å²) in [4.78, 5) is 16.7. The number of nitrogens with one attached hydrogen (secondary N) is 2. The van der Waals surface area contributed by atoms with Crippen LogP contribution in [0.3, 0.4) is 0 Å². The first-order chi connectivity index (χ1) is 9.13. The molecule has 2 aromatic rings. The Kier molecular flexibility index (Phi) is 4.81. The molecule has 19 heavy (non-hydrogen) atoms. The van der Waals surface area contributed by atoms with Gasteiger partial charge in [-0.05, 0) is 19.1 Å². The van der Waals surface area contributed by atoms with Crippen molar-refractivity contribution in [2.24, 2.45) is 0 Å². The molecule has 0 unspecified atom stereocenters. The number of rotatable bonds is 5. The molecule has 0 aliphatic heterocycles. The van der Waals surface area contributed by atoms with Crippen molar-refractivity contribution in [3.8, 4) is 0 Å². The van der Waals surface area contributed by atoms with Gasteiger partial charge in [0.2, 0.25) is 0 Å². The fourth-order valence-electron chi connectivity index (χ4n) is 1.65. The fourth-order valence-corrected chi connectivity index (χ4v) is 2.67. The van der Waals surface area contributed by atoms with Gasteiger partial charge in [-0.1, -0.05) is 11.6 Å². The minimum absolute atomic E-state index is 0.0288. The average Bonchev–Trinajstić information content (AvgIpc) is 2.98. The molecule has 0 fully saturated rings. The van der Waals surface area contributed by atoms with Gasteiger partial charge >= 0.3 is 6.03 Å². The predicted molar refractivity (Wildman–Crippen MR) is 76.4 cm³/mol. The SMILES string of the molecule is C[C@@H](Cn1ccnc1)NC(=O)NCc1ccc(Cl)s1. The number of amides is 2. The quantitative estimate of drug-likeness (QED) is 0.891. The van der Waals surface area contributed by atoms with Crippen LogP contribution < -0.4 is 10.6 Å². The molecule has 2 N–H and O–H groups in total. The summed E-state index contributed by atoms with van der Waals surface area (Å²) in [6.07, 6.45) is 5.31. The number of hydrogen-bond donors (Lipinski definition) is 2. The number of nitrogens with zero attached hydrogens (tertiary/aromatic N) is 2. The second-order valence-electron chi connectivity index (χ2n) is 4.19. The minimum atomic E-state index is -0.183. The van der Waals surface area contributed by atoms with Crippen LogP contribution in [0.4, 0.5) is 4.79 Å². The average molecular weight is 299 g/mol. The maximum absolute atomic E-state index is 11.7. The highest BCUT2D eigenvalue weighted by Crippen LogP contribution is 2.20. The van der Waals surface area contributed by atoms with E-state index < -0.39 is 0 Å². The molecule has 0 bridgehead atoms. The number of halogens is 1. The summed E-state index contributed by atoms with van der Waals surface area (Å²) in [5.74, 6) is 0. The zero-order chi connectivity index (χ0) is 13.7. The normalized spacial score (nSPS) is 12.1. The van der Waals surface area contributed by atoms with Gasteiger partial charge < -0.3 is 15.2 Å². The third kappa shape index (κ3) is 4.57. The number of carbonyl (C=O) groups is 1. The molecular weight excluding hydrogens is 284 g/mol. The Morgan fingerprint density at radius 2 is 2.42 bits per heavy atom. The number of thiophene rings is 1. The summed E-state index contributed by atoms with van der Waals surface area (Å²) in [7, 11) is 0. The summed E-state index contributed by atoms with van der Waals surface area (Å²) in [6, 6.07) is 3.57. The molecule has 0 spiro atoms. The summed E-state index contributed by atoms with van der Waals surface area (Å²) in [5, 5.41) is 5.67. The third-order valence-corrected chi connectivity index (χ3v) is 3.70. The van der Waals surface area contributed by atoms with Crippen LogP contribution in [0.15, 0.2) is 30.9 Å². The molecule has 0 aromatic carbocycles. The molecule has 5 nitrogen and oxygen atoms in total. The first-order valence-corrected chi connectivity index (χ1v) is 7.07. The Bertz CT molecular complexity index is 526. The van der Waals surface area contributed by atoms with Gasteiger partial charge in [-0.25, -0.2) is 9.78 Å². The van der Waals surface area contributed by atoms with Crippen LogP contribution in [0.2, 0.25) is 4.34 Å². The summed E-state index contributed by atoms with van der Waals surface area (Å²) >= 11 is 7.28. The third-order valence-electron chi connectivity index (χ3n) is 2.47. The molecule has 2 rings (SSSR count). The Balaban J connectivity index is 1.71. The first-order valence-electron chi connectivity index (χ1n) is 5.88. The highest BCUT2D eigenvalue weighted by atomic mass is 35.5. The zero-order valence-electron chi connectivity index (χ0n) is 10.5. The van der Waals surface area contributed by atoms with E-state index in [-0.39, 0.29) is 12.1 Å². The highest BCUT2D eigenvalue weighted by molar-refractivity contribution is 7.16. The van der Waals surface area contributed by atoms with Gasteiger partial charge in [-0.2, -0.15) is 0 Å². The van der Waals surface area contributed by atoms with Gasteiger partial charge in [0.15, 0.2) is 0 Å². The predicted octanol–water partition coefficient (Wildman–Crippen LogP) is 2.49.